The summed E-state index contributed by atoms with van der Waals surface area (Å²) in [7, 11) is 0. The van der Waals surface area contributed by atoms with Gasteiger partial charge >= 0.3 is 0 Å². The SMILES string of the molecule is O=C(Nc1ccc2cccnc2n1)c1c[nH]c2c1C(=O)CCC2. The summed E-state index contributed by atoms with van der Waals surface area (Å²) in [5.41, 5.74) is 2.32. The standard InChI is InChI=1S/C17H14N4O2/c22-13-5-1-4-12-15(13)11(9-19-12)17(23)21-14-7-6-10-3-2-8-18-16(10)20-14/h2-3,6-9,19H,1,4-5H2,(H,18,20,21,23). The van der Waals surface area contributed by atoms with Gasteiger partial charge in [-0.15, -0.1) is 0 Å². The number of nitrogens with one attached hydrogen (secondary N) is 2. The number of amides is 1. The van der Waals surface area contributed by atoms with Gasteiger partial charge in [0.05, 0.1) is 11.1 Å². The number of ketones is 1. The van der Waals surface area contributed by atoms with E-state index in [-0.39, 0.29) is 11.7 Å². The molecule has 114 valence electrons. The molecule has 23 heavy (non-hydrogen) atoms. The van der Waals surface area contributed by atoms with E-state index in [9.17, 15) is 9.59 Å². The van der Waals surface area contributed by atoms with Crippen molar-refractivity contribution in [3.8, 4) is 0 Å². The number of hydrogen-bond donors (Lipinski definition) is 2. The van der Waals surface area contributed by atoms with Gasteiger partial charge in [-0.3, -0.25) is 9.59 Å². The van der Waals surface area contributed by atoms with Crippen LogP contribution in [0.2, 0.25) is 0 Å². The zero-order valence-electron chi connectivity index (χ0n) is 12.3. The zero-order valence-corrected chi connectivity index (χ0v) is 12.3. The highest BCUT2D eigenvalue weighted by Gasteiger charge is 2.26. The van der Waals surface area contributed by atoms with E-state index in [4.69, 9.17) is 0 Å². The van der Waals surface area contributed by atoms with Crippen molar-refractivity contribution in [2.45, 2.75) is 19.3 Å². The van der Waals surface area contributed by atoms with Gasteiger partial charge in [-0.1, -0.05) is 0 Å². The molecule has 0 radical (unpaired) electrons. The van der Waals surface area contributed by atoms with Crippen LogP contribution in [0, 0.1) is 0 Å². The number of hydrogen-bond acceptors (Lipinski definition) is 4. The lowest BCUT2D eigenvalue weighted by Gasteiger charge is -2.11. The van der Waals surface area contributed by atoms with Gasteiger partial charge in [-0.05, 0) is 37.1 Å². The third-order valence-electron chi connectivity index (χ3n) is 4.02. The monoisotopic (exact) mass is 306 g/mol. The molecule has 0 aromatic carbocycles. The topological polar surface area (TPSA) is 87.7 Å². The fourth-order valence-electron chi connectivity index (χ4n) is 2.92. The number of Topliss-reactive ketones (excluding diaryl/α,β-unsaturated/α-hetero) is 1. The van der Waals surface area contributed by atoms with Crippen LogP contribution in [0.5, 0.6) is 0 Å². The van der Waals surface area contributed by atoms with E-state index in [0.717, 1.165) is 23.9 Å². The molecule has 3 heterocycles. The van der Waals surface area contributed by atoms with Crippen molar-refractivity contribution in [1.29, 1.82) is 0 Å². The van der Waals surface area contributed by atoms with Crippen LogP contribution in [0.15, 0.2) is 36.7 Å². The first-order valence-electron chi connectivity index (χ1n) is 7.49. The van der Waals surface area contributed by atoms with Gasteiger partial charge in [-0.2, -0.15) is 0 Å². The van der Waals surface area contributed by atoms with E-state index in [1.54, 1.807) is 18.5 Å². The van der Waals surface area contributed by atoms with Crippen molar-refractivity contribution < 1.29 is 9.59 Å². The third kappa shape index (κ3) is 2.38. The molecule has 0 saturated carbocycles. The van der Waals surface area contributed by atoms with Crippen LogP contribution in [0.25, 0.3) is 11.0 Å². The maximum Gasteiger partial charge on any atom is 0.259 e. The minimum Gasteiger partial charge on any atom is -0.364 e. The van der Waals surface area contributed by atoms with Gasteiger partial charge in [0.15, 0.2) is 11.4 Å². The van der Waals surface area contributed by atoms with Crippen LogP contribution in [-0.2, 0) is 6.42 Å². The Morgan fingerprint density at radius 2 is 2.13 bits per heavy atom. The van der Waals surface area contributed by atoms with Crippen LogP contribution in [0.3, 0.4) is 0 Å². The highest BCUT2D eigenvalue weighted by Crippen LogP contribution is 2.24. The van der Waals surface area contributed by atoms with Crippen molar-refractivity contribution >= 4 is 28.5 Å². The number of anilines is 1. The van der Waals surface area contributed by atoms with Crippen LogP contribution in [0.1, 0.15) is 39.3 Å². The van der Waals surface area contributed by atoms with E-state index in [0.29, 0.717) is 29.0 Å². The Labute approximate surface area is 132 Å². The summed E-state index contributed by atoms with van der Waals surface area (Å²) in [5.74, 6) is 0.103. The van der Waals surface area contributed by atoms with Crippen molar-refractivity contribution in [3.05, 3.63) is 53.5 Å². The molecule has 1 aliphatic carbocycles. The first kappa shape index (κ1) is 13.6. The molecule has 0 saturated heterocycles. The number of aromatic amines is 1. The second-order valence-electron chi connectivity index (χ2n) is 5.53. The predicted molar refractivity (Wildman–Crippen MR) is 85.6 cm³/mol. The average Bonchev–Trinajstić information content (AvgIpc) is 3.00. The van der Waals surface area contributed by atoms with Crippen molar-refractivity contribution in [2.24, 2.45) is 0 Å². The normalized spacial score (nSPS) is 13.8. The number of nitrogens with zero attached hydrogens (tertiary/aromatic N) is 2. The molecule has 0 atom stereocenters. The highest BCUT2D eigenvalue weighted by molar-refractivity contribution is 6.13. The van der Waals surface area contributed by atoms with Gasteiger partial charge in [0.2, 0.25) is 0 Å². The van der Waals surface area contributed by atoms with Gasteiger partial charge < -0.3 is 10.3 Å². The van der Waals surface area contributed by atoms with Crippen LogP contribution < -0.4 is 5.32 Å². The largest absolute Gasteiger partial charge is 0.364 e. The second-order valence-corrected chi connectivity index (χ2v) is 5.53. The summed E-state index contributed by atoms with van der Waals surface area (Å²) in [6.07, 6.45) is 5.37. The lowest BCUT2D eigenvalue weighted by atomic mass is 9.93. The zero-order chi connectivity index (χ0) is 15.8. The van der Waals surface area contributed by atoms with E-state index in [1.165, 1.54) is 0 Å². The van der Waals surface area contributed by atoms with E-state index in [1.807, 2.05) is 18.2 Å². The van der Waals surface area contributed by atoms with Gasteiger partial charge in [0.25, 0.3) is 5.91 Å². The summed E-state index contributed by atoms with van der Waals surface area (Å²) < 4.78 is 0. The van der Waals surface area contributed by atoms with Gasteiger partial charge in [0, 0.05) is 29.9 Å². The van der Waals surface area contributed by atoms with Crippen LogP contribution in [0.4, 0.5) is 5.82 Å². The summed E-state index contributed by atoms with van der Waals surface area (Å²) in [4.78, 5) is 36.1. The molecule has 0 fully saturated rings. The Kier molecular flexibility index (Phi) is 3.15. The lowest BCUT2D eigenvalue weighted by Crippen LogP contribution is -2.18. The van der Waals surface area contributed by atoms with Gasteiger partial charge in [-0.25, -0.2) is 9.97 Å². The smallest absolute Gasteiger partial charge is 0.259 e. The molecule has 0 unspecified atom stereocenters. The summed E-state index contributed by atoms with van der Waals surface area (Å²) in [6.45, 7) is 0. The number of H-pyrrole nitrogens is 1. The maximum absolute atomic E-state index is 12.5. The first-order chi connectivity index (χ1) is 11.2. The number of rotatable bonds is 2. The van der Waals surface area contributed by atoms with Crippen molar-refractivity contribution in [1.82, 2.24) is 15.0 Å². The second kappa shape index (κ2) is 5.31. The number of aromatic nitrogens is 3. The summed E-state index contributed by atoms with van der Waals surface area (Å²) in [5, 5.41) is 3.65. The summed E-state index contributed by atoms with van der Waals surface area (Å²) >= 11 is 0. The van der Waals surface area contributed by atoms with Gasteiger partial charge in [0.1, 0.15) is 5.82 Å². The fraction of sp³-hybridized carbons (Fsp3) is 0.176. The number of carbonyl (C=O) groups is 2. The molecule has 6 heteroatoms. The third-order valence-corrected chi connectivity index (χ3v) is 4.02. The van der Waals surface area contributed by atoms with Crippen molar-refractivity contribution in [3.63, 3.8) is 0 Å². The molecule has 0 bridgehead atoms. The quantitative estimate of drug-likeness (QED) is 0.762. The van der Waals surface area contributed by atoms with E-state index in [2.05, 4.69) is 20.3 Å². The first-order valence-corrected chi connectivity index (χ1v) is 7.49. The number of aryl methyl sites for hydroxylation is 1. The Morgan fingerprint density at radius 3 is 3.04 bits per heavy atom. The summed E-state index contributed by atoms with van der Waals surface area (Å²) in [6, 6.07) is 7.31. The fourth-order valence-corrected chi connectivity index (χ4v) is 2.92. The molecule has 0 spiro atoms. The predicted octanol–water partition coefficient (Wildman–Crippen LogP) is 2.73. The Balaban J connectivity index is 1.65. The molecular weight excluding hydrogens is 292 g/mol. The molecule has 1 amide bonds. The Morgan fingerprint density at radius 1 is 1.22 bits per heavy atom. The highest BCUT2D eigenvalue weighted by atomic mass is 16.2. The molecule has 2 N–H and O–H groups in total. The van der Waals surface area contributed by atoms with Crippen LogP contribution >= 0.6 is 0 Å². The van der Waals surface area contributed by atoms with E-state index < -0.39 is 0 Å². The minimum atomic E-state index is -0.333. The van der Waals surface area contributed by atoms with Crippen LogP contribution in [-0.4, -0.2) is 26.6 Å². The number of carbonyl (C=O) groups excluding carboxylic acids is 2. The molecule has 3 aromatic rings. The molecule has 1 aliphatic rings. The lowest BCUT2D eigenvalue weighted by molar-refractivity contribution is 0.0956. The maximum atomic E-state index is 12.5. The average molecular weight is 306 g/mol. The Bertz CT molecular complexity index is 929. The number of fused-ring (bicyclic) bond motifs is 2. The minimum absolute atomic E-state index is 0.0192. The molecule has 0 aliphatic heterocycles. The Hall–Kier alpha value is -3.02. The van der Waals surface area contributed by atoms with Crippen molar-refractivity contribution in [2.75, 3.05) is 5.32 Å². The molecule has 3 aromatic heterocycles. The molecule has 6 nitrogen and oxygen atoms in total. The number of pyridine rings is 2. The molecule has 4 rings (SSSR count). The van der Waals surface area contributed by atoms with E-state index >= 15 is 0 Å². The molecular formula is C17H14N4O2.